The molecule has 0 saturated heterocycles. The van der Waals surface area contributed by atoms with Gasteiger partial charge in [-0.15, -0.1) is 0 Å². The number of halogens is 1. The highest BCUT2D eigenvalue weighted by atomic mass is 35.5. The topological polar surface area (TPSA) is 79.5 Å². The van der Waals surface area contributed by atoms with Gasteiger partial charge in [-0.2, -0.15) is 0 Å². The molecule has 20 heavy (non-hydrogen) atoms. The quantitative estimate of drug-likeness (QED) is 0.888. The van der Waals surface area contributed by atoms with Gasteiger partial charge < -0.3 is 14.8 Å². The number of hydrogen-bond acceptors (Lipinski definition) is 3. The Kier molecular flexibility index (Phi) is 4.42. The molecule has 2 rings (SSSR count). The standard InChI is InChI=1S/C14H12ClNO4/c15-10-5-3-9(4-6-10)11(8-13(17)18)16-14(19)12-2-1-7-20-12/h1-7,11H,8H2,(H,16,19)(H,17,18). The monoisotopic (exact) mass is 293 g/mol. The number of carbonyl (C=O) groups is 2. The molecule has 0 aliphatic rings. The summed E-state index contributed by atoms with van der Waals surface area (Å²) >= 11 is 5.79. The van der Waals surface area contributed by atoms with Crippen LogP contribution in [0, 0.1) is 0 Å². The van der Waals surface area contributed by atoms with Crippen LogP contribution in [0.4, 0.5) is 0 Å². The summed E-state index contributed by atoms with van der Waals surface area (Å²) in [5, 5.41) is 12.1. The average Bonchev–Trinajstić information content (AvgIpc) is 2.92. The Bertz CT molecular complexity index is 592. The van der Waals surface area contributed by atoms with Crippen LogP contribution >= 0.6 is 11.6 Å². The average molecular weight is 294 g/mol. The Labute approximate surface area is 120 Å². The van der Waals surface area contributed by atoms with E-state index in [9.17, 15) is 9.59 Å². The normalized spacial score (nSPS) is 11.8. The van der Waals surface area contributed by atoms with Crippen LogP contribution in [0.3, 0.4) is 0 Å². The SMILES string of the molecule is O=C(O)CC(NC(=O)c1ccco1)c1ccc(Cl)cc1. The zero-order valence-electron chi connectivity index (χ0n) is 10.4. The van der Waals surface area contributed by atoms with Crippen LogP contribution in [0.1, 0.15) is 28.6 Å². The summed E-state index contributed by atoms with van der Waals surface area (Å²) < 4.78 is 4.98. The molecule has 1 unspecified atom stereocenters. The number of carboxylic acids is 1. The molecule has 1 amide bonds. The fourth-order valence-electron chi connectivity index (χ4n) is 1.76. The van der Waals surface area contributed by atoms with Gasteiger partial charge in [0.15, 0.2) is 5.76 Å². The molecule has 0 bridgehead atoms. The first kappa shape index (κ1) is 14.1. The highest BCUT2D eigenvalue weighted by Gasteiger charge is 2.20. The first-order chi connectivity index (χ1) is 9.56. The maximum absolute atomic E-state index is 11.9. The number of nitrogens with one attached hydrogen (secondary N) is 1. The number of amides is 1. The summed E-state index contributed by atoms with van der Waals surface area (Å²) in [4.78, 5) is 22.8. The van der Waals surface area contributed by atoms with Crippen molar-refractivity contribution in [3.8, 4) is 0 Å². The third-order valence-corrected chi connectivity index (χ3v) is 2.95. The zero-order valence-corrected chi connectivity index (χ0v) is 11.1. The number of carboxylic acid groups (broad SMARTS) is 1. The predicted octanol–water partition coefficient (Wildman–Crippen LogP) is 2.88. The first-order valence-electron chi connectivity index (χ1n) is 5.88. The highest BCUT2D eigenvalue weighted by Crippen LogP contribution is 2.20. The number of hydrogen-bond donors (Lipinski definition) is 2. The summed E-state index contributed by atoms with van der Waals surface area (Å²) in [5.74, 6) is -1.34. The fourth-order valence-corrected chi connectivity index (χ4v) is 1.89. The lowest BCUT2D eigenvalue weighted by molar-refractivity contribution is -0.137. The molecule has 1 heterocycles. The fraction of sp³-hybridized carbons (Fsp3) is 0.143. The summed E-state index contributed by atoms with van der Waals surface area (Å²) in [6.07, 6.45) is 1.15. The highest BCUT2D eigenvalue weighted by molar-refractivity contribution is 6.30. The summed E-state index contributed by atoms with van der Waals surface area (Å²) in [6.45, 7) is 0. The van der Waals surface area contributed by atoms with Crippen molar-refractivity contribution >= 4 is 23.5 Å². The van der Waals surface area contributed by atoms with Crippen LogP contribution in [0.5, 0.6) is 0 Å². The minimum Gasteiger partial charge on any atom is -0.481 e. The number of benzene rings is 1. The molecule has 2 aromatic rings. The van der Waals surface area contributed by atoms with Gasteiger partial charge in [0.25, 0.3) is 5.91 Å². The molecule has 1 atom stereocenters. The van der Waals surface area contributed by atoms with Crippen molar-refractivity contribution < 1.29 is 19.1 Å². The van der Waals surface area contributed by atoms with Crippen molar-refractivity contribution in [3.63, 3.8) is 0 Å². The van der Waals surface area contributed by atoms with Crippen molar-refractivity contribution in [2.75, 3.05) is 0 Å². The van der Waals surface area contributed by atoms with Gasteiger partial charge in [-0.1, -0.05) is 23.7 Å². The molecule has 6 heteroatoms. The van der Waals surface area contributed by atoms with E-state index in [1.807, 2.05) is 0 Å². The Morgan fingerprint density at radius 2 is 1.95 bits per heavy atom. The Balaban J connectivity index is 2.17. The van der Waals surface area contributed by atoms with Crippen molar-refractivity contribution in [1.82, 2.24) is 5.32 Å². The van der Waals surface area contributed by atoms with Gasteiger partial charge >= 0.3 is 5.97 Å². The predicted molar refractivity (Wildman–Crippen MR) is 72.6 cm³/mol. The van der Waals surface area contributed by atoms with Crippen LogP contribution < -0.4 is 5.32 Å². The van der Waals surface area contributed by atoms with Crippen molar-refractivity contribution in [3.05, 3.63) is 59.0 Å². The van der Waals surface area contributed by atoms with E-state index in [0.29, 0.717) is 10.6 Å². The number of rotatable bonds is 5. The van der Waals surface area contributed by atoms with E-state index >= 15 is 0 Å². The zero-order chi connectivity index (χ0) is 14.5. The van der Waals surface area contributed by atoms with E-state index in [2.05, 4.69) is 5.32 Å². The third-order valence-electron chi connectivity index (χ3n) is 2.70. The van der Waals surface area contributed by atoms with E-state index in [4.69, 9.17) is 21.1 Å². The second-order valence-electron chi connectivity index (χ2n) is 4.15. The lowest BCUT2D eigenvalue weighted by atomic mass is 10.0. The molecule has 104 valence electrons. The van der Waals surface area contributed by atoms with Gasteiger partial charge in [-0.25, -0.2) is 0 Å². The van der Waals surface area contributed by atoms with Crippen LogP contribution in [0.25, 0.3) is 0 Å². The van der Waals surface area contributed by atoms with Gasteiger partial charge in [0, 0.05) is 5.02 Å². The van der Waals surface area contributed by atoms with Crippen LogP contribution in [-0.2, 0) is 4.79 Å². The first-order valence-corrected chi connectivity index (χ1v) is 6.25. The minimum atomic E-state index is -1.01. The molecule has 0 spiro atoms. The largest absolute Gasteiger partial charge is 0.481 e. The van der Waals surface area contributed by atoms with Crippen LogP contribution in [0.15, 0.2) is 47.1 Å². The van der Waals surface area contributed by atoms with Crippen molar-refractivity contribution in [1.29, 1.82) is 0 Å². The molecule has 0 radical (unpaired) electrons. The number of carbonyl (C=O) groups excluding carboxylic acids is 1. The van der Waals surface area contributed by atoms with E-state index < -0.39 is 17.9 Å². The molecule has 0 fully saturated rings. The van der Waals surface area contributed by atoms with Gasteiger partial charge in [0.05, 0.1) is 18.7 Å². The van der Waals surface area contributed by atoms with Gasteiger partial charge in [0.2, 0.25) is 0 Å². The smallest absolute Gasteiger partial charge is 0.305 e. The van der Waals surface area contributed by atoms with E-state index in [0.717, 1.165) is 0 Å². The van der Waals surface area contributed by atoms with Crippen molar-refractivity contribution in [2.45, 2.75) is 12.5 Å². The van der Waals surface area contributed by atoms with E-state index in [-0.39, 0.29) is 12.2 Å². The molecular weight excluding hydrogens is 282 g/mol. The summed E-state index contributed by atoms with van der Waals surface area (Å²) in [6, 6.07) is 9.09. The molecule has 2 N–H and O–H groups in total. The van der Waals surface area contributed by atoms with Crippen LogP contribution in [0.2, 0.25) is 5.02 Å². The van der Waals surface area contributed by atoms with E-state index in [1.165, 1.54) is 12.3 Å². The van der Waals surface area contributed by atoms with Gasteiger partial charge in [0.1, 0.15) is 0 Å². The maximum Gasteiger partial charge on any atom is 0.305 e. The van der Waals surface area contributed by atoms with Crippen molar-refractivity contribution in [2.24, 2.45) is 0 Å². The van der Waals surface area contributed by atoms with Gasteiger partial charge in [-0.3, -0.25) is 9.59 Å². The third kappa shape index (κ3) is 3.61. The Hall–Kier alpha value is -2.27. The molecule has 0 aliphatic heterocycles. The molecular formula is C14H12ClNO4. The summed E-state index contributed by atoms with van der Waals surface area (Å²) in [7, 11) is 0. The number of furan rings is 1. The lowest BCUT2D eigenvalue weighted by Gasteiger charge is -2.16. The molecule has 0 aliphatic carbocycles. The summed E-state index contributed by atoms with van der Waals surface area (Å²) in [5.41, 5.74) is 0.664. The lowest BCUT2D eigenvalue weighted by Crippen LogP contribution is -2.29. The van der Waals surface area contributed by atoms with Gasteiger partial charge in [-0.05, 0) is 29.8 Å². The Morgan fingerprint density at radius 3 is 2.50 bits per heavy atom. The van der Waals surface area contributed by atoms with E-state index in [1.54, 1.807) is 30.3 Å². The molecule has 5 nitrogen and oxygen atoms in total. The molecule has 0 saturated carbocycles. The maximum atomic E-state index is 11.9. The molecule has 1 aromatic heterocycles. The minimum absolute atomic E-state index is 0.134. The second kappa shape index (κ2) is 6.25. The molecule has 1 aromatic carbocycles. The number of aliphatic carboxylic acids is 1. The van der Waals surface area contributed by atoms with Crippen LogP contribution in [-0.4, -0.2) is 17.0 Å². The Morgan fingerprint density at radius 1 is 1.25 bits per heavy atom. The second-order valence-corrected chi connectivity index (χ2v) is 4.59.